The number of ether oxygens (including phenoxy) is 2. The van der Waals surface area contributed by atoms with Crippen molar-refractivity contribution in [2.24, 2.45) is 10.8 Å². The number of carbonyl (C=O) groups is 3. The number of hydrogen-bond acceptors (Lipinski definition) is 7. The molecule has 1 spiro atoms. The van der Waals surface area contributed by atoms with Gasteiger partial charge in [-0.2, -0.15) is 0 Å². The minimum Gasteiger partial charge on any atom is -0.468 e. The highest BCUT2D eigenvalue weighted by Crippen LogP contribution is 2.76. The second kappa shape index (κ2) is 9.53. The number of para-hydroxylation sites is 2. The molecule has 3 aromatic carbocycles. The molecule has 1 aliphatic carbocycles. The van der Waals surface area contributed by atoms with Gasteiger partial charge in [-0.05, 0) is 48.4 Å². The zero-order chi connectivity index (χ0) is 26.2. The average molecular weight is 521 g/mol. The number of esters is 2. The van der Waals surface area contributed by atoms with Crippen LogP contribution in [0.4, 0.5) is 11.4 Å². The SMILES string of the molecule is COC(=O)C1(C(=O)OC)C[C@]12[C@@H](c1ccc(Cl)cc1)ON(c1ccccc1)[C@H]2C(=O)Nc1ccccc1. The van der Waals surface area contributed by atoms with Crippen LogP contribution in [0.3, 0.4) is 0 Å². The zero-order valence-corrected chi connectivity index (χ0v) is 21.0. The molecule has 1 aliphatic heterocycles. The Morgan fingerprint density at radius 3 is 2.03 bits per heavy atom. The van der Waals surface area contributed by atoms with Gasteiger partial charge < -0.3 is 14.8 Å². The Hall–Kier alpha value is -3.88. The van der Waals surface area contributed by atoms with E-state index in [0.29, 0.717) is 22.0 Å². The van der Waals surface area contributed by atoms with Crippen LogP contribution in [-0.4, -0.2) is 38.1 Å². The molecule has 190 valence electrons. The second-order valence-electron chi connectivity index (χ2n) is 9.06. The monoisotopic (exact) mass is 520 g/mol. The maximum atomic E-state index is 14.0. The first-order valence-electron chi connectivity index (χ1n) is 11.7. The molecule has 9 heteroatoms. The summed E-state index contributed by atoms with van der Waals surface area (Å²) in [6.07, 6.45) is -0.877. The fourth-order valence-electron chi connectivity index (χ4n) is 5.47. The normalized spacial score (nSPS) is 23.4. The Morgan fingerprint density at radius 2 is 1.46 bits per heavy atom. The molecule has 1 heterocycles. The first-order chi connectivity index (χ1) is 17.9. The number of nitrogens with one attached hydrogen (secondary N) is 1. The van der Waals surface area contributed by atoms with Crippen molar-refractivity contribution >= 4 is 40.8 Å². The lowest BCUT2D eigenvalue weighted by Gasteiger charge is -2.28. The Labute approximate surface area is 219 Å². The van der Waals surface area contributed by atoms with Crippen molar-refractivity contribution in [1.29, 1.82) is 0 Å². The first kappa shape index (κ1) is 24.8. The van der Waals surface area contributed by atoms with Crippen LogP contribution >= 0.6 is 11.6 Å². The molecule has 2 fully saturated rings. The number of carbonyl (C=O) groups excluding carboxylic acids is 3. The molecule has 1 saturated carbocycles. The van der Waals surface area contributed by atoms with E-state index in [1.54, 1.807) is 60.7 Å². The number of hydroxylamine groups is 1. The van der Waals surface area contributed by atoms with Gasteiger partial charge in [-0.15, -0.1) is 0 Å². The average Bonchev–Trinajstić information content (AvgIpc) is 3.50. The first-order valence-corrected chi connectivity index (χ1v) is 12.1. The third-order valence-electron chi connectivity index (χ3n) is 7.18. The van der Waals surface area contributed by atoms with E-state index >= 15 is 0 Å². The molecule has 5 rings (SSSR count). The van der Waals surface area contributed by atoms with Crippen LogP contribution in [0.15, 0.2) is 84.9 Å². The lowest BCUT2D eigenvalue weighted by Crippen LogP contribution is -2.48. The summed E-state index contributed by atoms with van der Waals surface area (Å²) in [4.78, 5) is 47.1. The molecule has 0 unspecified atom stereocenters. The van der Waals surface area contributed by atoms with Crippen LogP contribution in [0.1, 0.15) is 18.1 Å². The van der Waals surface area contributed by atoms with Gasteiger partial charge in [0, 0.05) is 10.7 Å². The minimum absolute atomic E-state index is 0.0111. The topological polar surface area (TPSA) is 94.2 Å². The summed E-state index contributed by atoms with van der Waals surface area (Å²) >= 11 is 6.14. The molecule has 1 saturated heterocycles. The summed E-state index contributed by atoms with van der Waals surface area (Å²) in [5.74, 6) is -2.01. The summed E-state index contributed by atoms with van der Waals surface area (Å²) in [6, 6.07) is 23.8. The third-order valence-corrected chi connectivity index (χ3v) is 7.43. The highest BCUT2D eigenvalue weighted by Gasteiger charge is 2.88. The Balaban J connectivity index is 1.70. The number of rotatable bonds is 6. The number of anilines is 2. The van der Waals surface area contributed by atoms with Gasteiger partial charge >= 0.3 is 11.9 Å². The molecule has 1 amide bonds. The number of hydrogen-bond donors (Lipinski definition) is 1. The maximum absolute atomic E-state index is 14.0. The molecular weight excluding hydrogens is 496 g/mol. The fraction of sp³-hybridized carbons (Fsp3) is 0.250. The fourth-order valence-corrected chi connectivity index (χ4v) is 5.60. The molecule has 8 nitrogen and oxygen atoms in total. The van der Waals surface area contributed by atoms with Crippen molar-refractivity contribution in [2.75, 3.05) is 24.6 Å². The van der Waals surface area contributed by atoms with E-state index in [0.717, 1.165) is 0 Å². The van der Waals surface area contributed by atoms with E-state index < -0.39 is 40.8 Å². The van der Waals surface area contributed by atoms with Crippen molar-refractivity contribution in [3.05, 3.63) is 95.5 Å². The number of methoxy groups -OCH3 is 2. The number of nitrogens with zero attached hydrogens (tertiary/aromatic N) is 1. The summed E-state index contributed by atoms with van der Waals surface area (Å²) in [7, 11) is 2.42. The van der Waals surface area contributed by atoms with Crippen LogP contribution in [-0.2, 0) is 28.7 Å². The van der Waals surface area contributed by atoms with Crippen LogP contribution < -0.4 is 10.4 Å². The Morgan fingerprint density at radius 1 is 0.892 bits per heavy atom. The van der Waals surface area contributed by atoms with Gasteiger partial charge in [0.15, 0.2) is 5.41 Å². The van der Waals surface area contributed by atoms with Gasteiger partial charge in [0.05, 0.1) is 25.3 Å². The quantitative estimate of drug-likeness (QED) is 0.376. The molecule has 0 radical (unpaired) electrons. The van der Waals surface area contributed by atoms with Crippen LogP contribution in [0.5, 0.6) is 0 Å². The van der Waals surface area contributed by atoms with Crippen molar-refractivity contribution in [2.45, 2.75) is 18.6 Å². The van der Waals surface area contributed by atoms with Crippen LogP contribution in [0.2, 0.25) is 5.02 Å². The molecule has 2 aliphatic rings. The van der Waals surface area contributed by atoms with Gasteiger partial charge in [0.25, 0.3) is 0 Å². The maximum Gasteiger partial charge on any atom is 0.324 e. The summed E-state index contributed by atoms with van der Waals surface area (Å²) in [5, 5.41) is 4.91. The van der Waals surface area contributed by atoms with E-state index in [1.807, 2.05) is 24.3 Å². The Bertz CT molecular complexity index is 1300. The third kappa shape index (κ3) is 3.84. The van der Waals surface area contributed by atoms with Crippen molar-refractivity contribution in [1.82, 2.24) is 0 Å². The lowest BCUT2D eigenvalue weighted by molar-refractivity contribution is -0.164. The van der Waals surface area contributed by atoms with Crippen LogP contribution in [0, 0.1) is 10.8 Å². The van der Waals surface area contributed by atoms with Gasteiger partial charge in [-0.25, -0.2) is 5.06 Å². The number of halogens is 1. The summed E-state index contributed by atoms with van der Waals surface area (Å²) < 4.78 is 10.2. The van der Waals surface area contributed by atoms with E-state index in [4.69, 9.17) is 25.9 Å². The predicted octanol–water partition coefficient (Wildman–Crippen LogP) is 4.56. The van der Waals surface area contributed by atoms with E-state index in [-0.39, 0.29) is 6.42 Å². The number of benzene rings is 3. The van der Waals surface area contributed by atoms with E-state index in [2.05, 4.69) is 5.32 Å². The highest BCUT2D eigenvalue weighted by molar-refractivity contribution is 6.30. The largest absolute Gasteiger partial charge is 0.468 e. The van der Waals surface area contributed by atoms with E-state index in [1.165, 1.54) is 19.3 Å². The molecule has 0 aromatic heterocycles. The summed E-state index contributed by atoms with van der Waals surface area (Å²) in [5.41, 5.74) is -1.30. The van der Waals surface area contributed by atoms with Crippen LogP contribution in [0.25, 0.3) is 0 Å². The van der Waals surface area contributed by atoms with Crippen molar-refractivity contribution in [3.8, 4) is 0 Å². The highest BCUT2D eigenvalue weighted by atomic mass is 35.5. The van der Waals surface area contributed by atoms with Gasteiger partial charge in [0.2, 0.25) is 5.91 Å². The standard InChI is InChI=1S/C28H25ClN2O6/c1-35-25(33)28(26(34)36-2)17-27(28)22(24(32)30-20-9-5-3-6-10-20)31(21-11-7-4-8-12-21)37-23(27)18-13-15-19(29)16-14-18/h3-16,22-23H,17H2,1-2H3,(H,30,32)/t22-,23+,27-/m0/s1. The second-order valence-corrected chi connectivity index (χ2v) is 9.50. The smallest absolute Gasteiger partial charge is 0.324 e. The molecule has 1 N–H and O–H groups in total. The van der Waals surface area contributed by atoms with Crippen molar-refractivity contribution < 1.29 is 28.7 Å². The van der Waals surface area contributed by atoms with Gasteiger partial charge in [0.1, 0.15) is 12.1 Å². The molecular formula is C28H25ClN2O6. The van der Waals surface area contributed by atoms with Gasteiger partial charge in [-0.3, -0.25) is 19.2 Å². The molecule has 0 bridgehead atoms. The minimum atomic E-state index is -1.76. The number of amides is 1. The predicted molar refractivity (Wildman–Crippen MR) is 137 cm³/mol. The van der Waals surface area contributed by atoms with E-state index in [9.17, 15) is 14.4 Å². The molecule has 3 aromatic rings. The van der Waals surface area contributed by atoms with Gasteiger partial charge in [-0.1, -0.05) is 60.1 Å². The Kier molecular flexibility index (Phi) is 6.39. The lowest BCUT2D eigenvalue weighted by atomic mass is 9.78. The molecule has 3 atom stereocenters. The molecule has 37 heavy (non-hydrogen) atoms. The van der Waals surface area contributed by atoms with Crippen molar-refractivity contribution in [3.63, 3.8) is 0 Å². The zero-order valence-electron chi connectivity index (χ0n) is 20.2. The summed E-state index contributed by atoms with van der Waals surface area (Å²) in [6.45, 7) is 0.